The summed E-state index contributed by atoms with van der Waals surface area (Å²) >= 11 is 0. The highest BCUT2D eigenvalue weighted by atomic mass is 16.3. The molecule has 36 heavy (non-hydrogen) atoms. The van der Waals surface area contributed by atoms with Gasteiger partial charge in [0.1, 0.15) is 0 Å². The smallest absolute Gasteiger partial charge is 0.230 e. The number of aliphatic hydroxyl groups excluding tert-OH is 2. The number of nitrogens with one attached hydrogen (secondary N) is 1. The molecule has 3 N–H and O–H groups in total. The number of aliphatic hydroxyl groups is 2. The van der Waals surface area contributed by atoms with E-state index in [2.05, 4.69) is 39.9 Å². The fourth-order valence-electron chi connectivity index (χ4n) is 9.97. The van der Waals surface area contributed by atoms with Crippen LogP contribution in [-0.4, -0.2) is 35.4 Å². The van der Waals surface area contributed by atoms with Crippen molar-refractivity contribution >= 4 is 5.91 Å². The van der Waals surface area contributed by atoms with E-state index in [0.717, 1.165) is 48.3 Å². The lowest BCUT2D eigenvalue weighted by molar-refractivity contribution is -0.139. The monoisotopic (exact) mass is 503 g/mol. The quantitative estimate of drug-likeness (QED) is 0.333. The van der Waals surface area contributed by atoms with Gasteiger partial charge in [-0.25, -0.2) is 0 Å². The predicted molar refractivity (Wildman–Crippen MR) is 147 cm³/mol. The maximum absolute atomic E-state index is 12.8. The largest absolute Gasteiger partial charge is 0.395 e. The second-order valence-corrected chi connectivity index (χ2v) is 15.0. The van der Waals surface area contributed by atoms with Gasteiger partial charge >= 0.3 is 0 Å². The van der Waals surface area contributed by atoms with Gasteiger partial charge in [0.05, 0.1) is 18.6 Å². The van der Waals surface area contributed by atoms with Crippen LogP contribution in [0.3, 0.4) is 0 Å². The fourth-order valence-corrected chi connectivity index (χ4v) is 9.97. The van der Waals surface area contributed by atoms with E-state index < -0.39 is 5.41 Å². The van der Waals surface area contributed by atoms with E-state index in [9.17, 15) is 15.0 Å². The molecule has 0 aliphatic heterocycles. The van der Waals surface area contributed by atoms with Gasteiger partial charge in [-0.05, 0) is 117 Å². The van der Waals surface area contributed by atoms with E-state index in [1.165, 1.54) is 64.2 Å². The Hall–Kier alpha value is -0.610. The van der Waals surface area contributed by atoms with Crippen LogP contribution in [0.5, 0.6) is 0 Å². The van der Waals surface area contributed by atoms with Gasteiger partial charge in [0.25, 0.3) is 0 Å². The van der Waals surface area contributed by atoms with Crippen LogP contribution < -0.4 is 5.32 Å². The summed E-state index contributed by atoms with van der Waals surface area (Å²) in [7, 11) is 0. The Morgan fingerprint density at radius 1 is 0.917 bits per heavy atom. The van der Waals surface area contributed by atoms with Gasteiger partial charge < -0.3 is 15.5 Å². The molecule has 208 valence electrons. The lowest BCUT2D eigenvalue weighted by atomic mass is 9.44. The van der Waals surface area contributed by atoms with Crippen LogP contribution in [0.4, 0.5) is 0 Å². The first-order valence-corrected chi connectivity index (χ1v) is 15.5. The highest BCUT2D eigenvalue weighted by molar-refractivity contribution is 5.82. The maximum Gasteiger partial charge on any atom is 0.230 e. The molecule has 0 bridgehead atoms. The number of fused-ring (bicyclic) bond motifs is 5. The maximum atomic E-state index is 12.8. The zero-order valence-corrected chi connectivity index (χ0v) is 24.3. The molecule has 4 nitrogen and oxygen atoms in total. The van der Waals surface area contributed by atoms with Crippen LogP contribution in [0.2, 0.25) is 0 Å². The zero-order chi connectivity index (χ0) is 26.3. The minimum atomic E-state index is -1.09. The molecule has 4 heteroatoms. The van der Waals surface area contributed by atoms with Crippen molar-refractivity contribution in [3.63, 3.8) is 0 Å². The molecule has 9 atom stereocenters. The van der Waals surface area contributed by atoms with Gasteiger partial charge in [0.15, 0.2) is 0 Å². The Kier molecular flexibility index (Phi) is 8.58. The Bertz CT molecular complexity index is 762. The Morgan fingerprint density at radius 2 is 1.58 bits per heavy atom. The molecule has 4 aliphatic rings. The van der Waals surface area contributed by atoms with Gasteiger partial charge in [-0.15, -0.1) is 0 Å². The topological polar surface area (TPSA) is 69.6 Å². The van der Waals surface area contributed by atoms with E-state index in [4.69, 9.17) is 0 Å². The van der Waals surface area contributed by atoms with Crippen molar-refractivity contribution in [2.75, 3.05) is 13.2 Å². The molecule has 0 heterocycles. The molecule has 3 unspecified atom stereocenters. The van der Waals surface area contributed by atoms with Crippen molar-refractivity contribution in [2.24, 2.45) is 57.7 Å². The third kappa shape index (κ3) is 5.04. The molecule has 4 fully saturated rings. The summed E-state index contributed by atoms with van der Waals surface area (Å²) in [6.07, 6.45) is 15.9. The molecule has 0 spiro atoms. The van der Waals surface area contributed by atoms with Gasteiger partial charge in [-0.2, -0.15) is 0 Å². The summed E-state index contributed by atoms with van der Waals surface area (Å²) in [6, 6.07) is 0.181. The molecular weight excluding hydrogens is 446 g/mol. The molecule has 0 aromatic heterocycles. The summed E-state index contributed by atoms with van der Waals surface area (Å²) < 4.78 is 0. The minimum absolute atomic E-state index is 0.181. The third-order valence-corrected chi connectivity index (χ3v) is 12.4. The first-order valence-electron chi connectivity index (χ1n) is 15.5. The second-order valence-electron chi connectivity index (χ2n) is 15.0. The van der Waals surface area contributed by atoms with E-state index in [-0.39, 0.29) is 25.2 Å². The van der Waals surface area contributed by atoms with Gasteiger partial charge in [-0.3, -0.25) is 4.79 Å². The Labute approximate surface area is 221 Å². The summed E-state index contributed by atoms with van der Waals surface area (Å²) in [5.41, 5.74) is -0.132. The SMILES string of the molecule is CC(C)CCC[C@@H](C)[C@H]1CCC2C3CC[C@H]4C[C@H](NC(=O)C(C)(CO)CO)CC[C@]4(C)C3CC[C@@]21C. The fraction of sp³-hybridized carbons (Fsp3) is 0.969. The lowest BCUT2D eigenvalue weighted by Crippen LogP contribution is -2.56. The second kappa shape index (κ2) is 10.9. The summed E-state index contributed by atoms with van der Waals surface area (Å²) in [5, 5.41) is 22.5. The van der Waals surface area contributed by atoms with Crippen molar-refractivity contribution in [1.29, 1.82) is 0 Å². The molecule has 0 saturated heterocycles. The summed E-state index contributed by atoms with van der Waals surface area (Å²) in [5.74, 6) is 5.76. The van der Waals surface area contributed by atoms with E-state index in [0.29, 0.717) is 16.7 Å². The predicted octanol–water partition coefficient (Wildman–Crippen LogP) is 6.58. The molecule has 0 aromatic carbocycles. The number of carbonyl (C=O) groups is 1. The molecule has 0 aromatic rings. The normalized spacial score (nSPS) is 41.4. The Balaban J connectivity index is 1.40. The average molecular weight is 504 g/mol. The number of hydrogen-bond acceptors (Lipinski definition) is 3. The van der Waals surface area contributed by atoms with Crippen molar-refractivity contribution in [3.05, 3.63) is 0 Å². The van der Waals surface area contributed by atoms with Crippen molar-refractivity contribution < 1.29 is 15.0 Å². The van der Waals surface area contributed by atoms with Crippen LogP contribution in [-0.2, 0) is 4.79 Å². The molecule has 1 amide bonds. The van der Waals surface area contributed by atoms with E-state index >= 15 is 0 Å². The third-order valence-electron chi connectivity index (χ3n) is 12.4. The van der Waals surface area contributed by atoms with Crippen LogP contribution in [0.1, 0.15) is 119 Å². The van der Waals surface area contributed by atoms with Gasteiger partial charge in [-0.1, -0.05) is 53.9 Å². The van der Waals surface area contributed by atoms with Crippen LogP contribution in [0, 0.1) is 57.7 Å². The summed E-state index contributed by atoms with van der Waals surface area (Å²) in [6.45, 7) is 13.6. The first-order chi connectivity index (χ1) is 17.0. The molecule has 0 radical (unpaired) electrons. The van der Waals surface area contributed by atoms with Crippen molar-refractivity contribution in [2.45, 2.75) is 125 Å². The highest BCUT2D eigenvalue weighted by Crippen LogP contribution is 2.68. The number of carbonyl (C=O) groups excluding carboxylic acids is 1. The molecule has 4 saturated carbocycles. The molecule has 4 aliphatic carbocycles. The van der Waals surface area contributed by atoms with Crippen molar-refractivity contribution in [3.8, 4) is 0 Å². The van der Waals surface area contributed by atoms with Gasteiger partial charge in [0.2, 0.25) is 5.91 Å². The number of hydrogen-bond donors (Lipinski definition) is 3. The van der Waals surface area contributed by atoms with E-state index in [1.807, 2.05) is 0 Å². The van der Waals surface area contributed by atoms with Crippen LogP contribution >= 0.6 is 0 Å². The standard InChI is InChI=1S/C32H57NO3/c1-21(2)8-7-9-22(3)26-12-13-27-25-11-10-23-18-24(33-29(36)30(4,19-34)20-35)14-16-31(23,5)28(25)15-17-32(26,27)6/h21-28,34-35H,7-20H2,1-6H3,(H,33,36)/t22-,23+,24-,25?,26-,27?,28?,31+,32-/m1/s1. The van der Waals surface area contributed by atoms with Crippen molar-refractivity contribution in [1.82, 2.24) is 5.32 Å². The molecule has 4 rings (SSSR count). The van der Waals surface area contributed by atoms with Crippen LogP contribution in [0.15, 0.2) is 0 Å². The molecular formula is C32H57NO3. The Morgan fingerprint density at radius 3 is 2.25 bits per heavy atom. The lowest BCUT2D eigenvalue weighted by Gasteiger charge is -2.61. The first kappa shape index (κ1) is 28.4. The number of rotatable bonds is 9. The van der Waals surface area contributed by atoms with Gasteiger partial charge in [0, 0.05) is 6.04 Å². The summed E-state index contributed by atoms with van der Waals surface area (Å²) in [4.78, 5) is 12.8. The number of amides is 1. The highest BCUT2D eigenvalue weighted by Gasteiger charge is 2.60. The average Bonchev–Trinajstić information content (AvgIpc) is 3.20. The minimum Gasteiger partial charge on any atom is -0.395 e. The van der Waals surface area contributed by atoms with E-state index in [1.54, 1.807) is 6.92 Å². The zero-order valence-electron chi connectivity index (χ0n) is 24.3. The van der Waals surface area contributed by atoms with Crippen LogP contribution in [0.25, 0.3) is 0 Å².